The van der Waals surface area contributed by atoms with E-state index in [0.717, 1.165) is 10.1 Å². The van der Waals surface area contributed by atoms with Crippen molar-refractivity contribution in [2.45, 2.75) is 24.5 Å². The minimum atomic E-state index is -1.40. The van der Waals surface area contributed by atoms with Crippen molar-refractivity contribution in [2.24, 2.45) is 7.05 Å². The molecule has 3 N–H and O–H groups in total. The quantitative estimate of drug-likeness (QED) is 0.531. The maximum Gasteiger partial charge on any atom is 0.333 e. The van der Waals surface area contributed by atoms with Crippen molar-refractivity contribution in [1.29, 1.82) is 0 Å². The molecule has 3 heterocycles. The number of aromatic nitrogens is 5. The maximum atomic E-state index is 12.7. The molecule has 1 saturated heterocycles. The fourth-order valence-corrected chi connectivity index (χ4v) is 3.07. The highest BCUT2D eigenvalue weighted by atomic mass is 16.6. The molecule has 0 radical (unpaired) electrons. The molecule has 10 heteroatoms. The number of imidazole rings is 1. The number of aliphatic hydroxyl groups excluding tert-OH is 3. The van der Waals surface area contributed by atoms with E-state index in [-0.39, 0.29) is 11.3 Å². The number of aliphatic hydroxyl groups is 3. The third kappa shape index (κ3) is 2.42. The Morgan fingerprint density at radius 3 is 2.50 bits per heavy atom. The Morgan fingerprint density at radius 2 is 1.85 bits per heavy atom. The number of ether oxygens (including phenoxy) is 1. The Balaban J connectivity index is 1.85. The fourth-order valence-electron chi connectivity index (χ4n) is 3.07. The molecule has 1 aromatic carbocycles. The highest BCUT2D eigenvalue weighted by Gasteiger charge is 2.45. The molecule has 2 aromatic heterocycles. The molecular formula is C16H17N5O5. The Kier molecular flexibility index (Phi) is 4.04. The Bertz CT molecular complexity index is 1000. The number of fused-ring (bicyclic) bond motifs is 1. The number of hydrogen-bond acceptors (Lipinski definition) is 8. The van der Waals surface area contributed by atoms with Gasteiger partial charge in [-0.15, -0.1) is 10.2 Å². The van der Waals surface area contributed by atoms with E-state index in [1.807, 2.05) is 30.3 Å². The van der Waals surface area contributed by atoms with Gasteiger partial charge in [0.2, 0.25) is 5.65 Å². The highest BCUT2D eigenvalue weighted by molar-refractivity contribution is 5.69. The Hall–Kier alpha value is -2.66. The van der Waals surface area contributed by atoms with Gasteiger partial charge < -0.3 is 20.1 Å². The summed E-state index contributed by atoms with van der Waals surface area (Å²) in [4.78, 5) is 17.1. The molecule has 1 fully saturated rings. The molecule has 3 aromatic rings. The second-order valence-electron chi connectivity index (χ2n) is 6.09. The van der Waals surface area contributed by atoms with E-state index in [9.17, 15) is 20.1 Å². The molecule has 1 aliphatic rings. The summed E-state index contributed by atoms with van der Waals surface area (Å²) in [6.07, 6.45) is -4.92. The van der Waals surface area contributed by atoms with Crippen LogP contribution in [0.4, 0.5) is 0 Å². The first-order chi connectivity index (χ1) is 12.5. The van der Waals surface area contributed by atoms with Gasteiger partial charge >= 0.3 is 5.69 Å². The number of aryl methyl sites for hydroxylation is 1. The van der Waals surface area contributed by atoms with Crippen LogP contribution in [0.5, 0.6) is 0 Å². The van der Waals surface area contributed by atoms with Crippen LogP contribution < -0.4 is 5.69 Å². The topological polar surface area (TPSA) is 136 Å². The maximum absolute atomic E-state index is 12.7. The van der Waals surface area contributed by atoms with E-state index in [4.69, 9.17) is 4.74 Å². The van der Waals surface area contributed by atoms with E-state index >= 15 is 0 Å². The van der Waals surface area contributed by atoms with Crippen molar-refractivity contribution in [2.75, 3.05) is 6.61 Å². The van der Waals surface area contributed by atoms with Crippen LogP contribution in [-0.4, -0.2) is 64.6 Å². The molecule has 0 spiro atoms. The molecule has 0 bridgehead atoms. The number of nitrogens with zero attached hydrogens (tertiary/aromatic N) is 5. The average molecular weight is 359 g/mol. The fraction of sp³-hybridized carbons (Fsp3) is 0.375. The van der Waals surface area contributed by atoms with Crippen LogP contribution in [0, 0.1) is 0 Å². The molecule has 0 amide bonds. The molecular weight excluding hydrogens is 342 g/mol. The van der Waals surface area contributed by atoms with Gasteiger partial charge in [0.1, 0.15) is 18.3 Å². The van der Waals surface area contributed by atoms with Crippen LogP contribution in [0.15, 0.2) is 35.1 Å². The number of benzene rings is 1. The summed E-state index contributed by atoms with van der Waals surface area (Å²) in [5.74, 6) is 0.354. The first kappa shape index (κ1) is 16.8. The van der Waals surface area contributed by atoms with E-state index in [0.29, 0.717) is 5.82 Å². The van der Waals surface area contributed by atoms with Gasteiger partial charge in [0, 0.05) is 12.6 Å². The lowest BCUT2D eigenvalue weighted by Crippen LogP contribution is -2.35. The van der Waals surface area contributed by atoms with Crippen molar-refractivity contribution in [1.82, 2.24) is 24.3 Å². The molecule has 136 valence electrons. The second-order valence-corrected chi connectivity index (χ2v) is 6.09. The lowest BCUT2D eigenvalue weighted by molar-refractivity contribution is -0.0527. The predicted octanol–water partition coefficient (Wildman–Crippen LogP) is -1.20. The summed E-state index contributed by atoms with van der Waals surface area (Å²) in [7, 11) is 1.52. The monoisotopic (exact) mass is 359 g/mol. The van der Waals surface area contributed by atoms with Crippen molar-refractivity contribution in [3.05, 3.63) is 40.8 Å². The summed E-state index contributed by atoms with van der Waals surface area (Å²) in [5.41, 5.74) is 0.602. The smallest absolute Gasteiger partial charge is 0.333 e. The summed E-state index contributed by atoms with van der Waals surface area (Å²) in [6, 6.07) is 9.19. The zero-order valence-corrected chi connectivity index (χ0v) is 13.8. The van der Waals surface area contributed by atoms with E-state index in [1.165, 1.54) is 11.6 Å². The van der Waals surface area contributed by atoms with Crippen LogP contribution in [0.3, 0.4) is 0 Å². The lowest BCUT2D eigenvalue weighted by Gasteiger charge is -2.15. The normalized spacial score (nSPS) is 25.8. The van der Waals surface area contributed by atoms with Crippen molar-refractivity contribution in [3.63, 3.8) is 0 Å². The van der Waals surface area contributed by atoms with E-state index in [2.05, 4.69) is 15.2 Å². The summed E-state index contributed by atoms with van der Waals surface area (Å²) in [5, 5.41) is 37.5. The molecule has 10 nitrogen and oxygen atoms in total. The van der Waals surface area contributed by atoms with Crippen LogP contribution in [0.2, 0.25) is 0 Å². The Labute approximate surface area is 146 Å². The summed E-state index contributed by atoms with van der Waals surface area (Å²) in [6.45, 7) is -0.490. The van der Waals surface area contributed by atoms with Crippen LogP contribution in [0.25, 0.3) is 22.7 Å². The predicted molar refractivity (Wildman–Crippen MR) is 89.0 cm³/mol. The van der Waals surface area contributed by atoms with Gasteiger partial charge in [0.25, 0.3) is 0 Å². The third-order valence-corrected chi connectivity index (χ3v) is 4.49. The molecule has 26 heavy (non-hydrogen) atoms. The average Bonchev–Trinajstić information content (AvgIpc) is 3.09. The third-order valence-electron chi connectivity index (χ3n) is 4.49. The van der Waals surface area contributed by atoms with Gasteiger partial charge in [0.05, 0.1) is 6.61 Å². The summed E-state index contributed by atoms with van der Waals surface area (Å²) >= 11 is 0. The van der Waals surface area contributed by atoms with Crippen LogP contribution >= 0.6 is 0 Å². The molecule has 0 unspecified atom stereocenters. The first-order valence-electron chi connectivity index (χ1n) is 8.02. The van der Waals surface area contributed by atoms with Gasteiger partial charge in [-0.2, -0.15) is 0 Å². The molecule has 4 rings (SSSR count). The van der Waals surface area contributed by atoms with Crippen molar-refractivity contribution < 1.29 is 20.1 Å². The van der Waals surface area contributed by atoms with Gasteiger partial charge in [-0.1, -0.05) is 30.3 Å². The molecule has 1 aliphatic heterocycles. The second kappa shape index (κ2) is 6.25. The van der Waals surface area contributed by atoms with E-state index < -0.39 is 36.8 Å². The van der Waals surface area contributed by atoms with Crippen LogP contribution in [0.1, 0.15) is 6.23 Å². The number of rotatable bonds is 3. The molecule has 0 aliphatic carbocycles. The SMILES string of the molecule is Cn1c(=O)n([C@@H]2O[C@H](CO)[C@@H](O)[C@H]2O)c2nnc(-c3ccccc3)nc21. The number of hydrogen-bond donors (Lipinski definition) is 3. The zero-order chi connectivity index (χ0) is 18.4. The summed E-state index contributed by atoms with van der Waals surface area (Å²) < 4.78 is 7.80. The Morgan fingerprint density at radius 1 is 1.12 bits per heavy atom. The van der Waals surface area contributed by atoms with Gasteiger partial charge in [-0.25, -0.2) is 14.3 Å². The zero-order valence-electron chi connectivity index (χ0n) is 13.8. The minimum absolute atomic E-state index is 0.118. The minimum Gasteiger partial charge on any atom is -0.394 e. The van der Waals surface area contributed by atoms with Crippen molar-refractivity contribution in [3.8, 4) is 11.4 Å². The van der Waals surface area contributed by atoms with Gasteiger partial charge in [0.15, 0.2) is 17.7 Å². The first-order valence-corrected chi connectivity index (χ1v) is 8.02. The van der Waals surface area contributed by atoms with Crippen molar-refractivity contribution >= 4 is 11.3 Å². The van der Waals surface area contributed by atoms with E-state index in [1.54, 1.807) is 0 Å². The van der Waals surface area contributed by atoms with Crippen LogP contribution in [-0.2, 0) is 11.8 Å². The largest absolute Gasteiger partial charge is 0.394 e. The standard InChI is InChI=1S/C16H17N5O5/c1-20-13-14(19-18-12(17-13)8-5-3-2-4-6-8)21(16(20)25)15-11(24)10(23)9(7-22)26-15/h2-6,9-11,15,22-24H,7H2,1H3/t9-,10-,11-,15-/m1/s1. The highest BCUT2D eigenvalue weighted by Crippen LogP contribution is 2.30. The lowest BCUT2D eigenvalue weighted by atomic mass is 10.1. The molecule has 4 atom stereocenters. The van der Waals surface area contributed by atoms with Gasteiger partial charge in [-0.3, -0.25) is 4.57 Å². The van der Waals surface area contributed by atoms with Gasteiger partial charge in [-0.05, 0) is 0 Å². The molecule has 0 saturated carbocycles.